The number of aliphatic hydroxyl groups is 3. The number of sulfone groups is 1. The van der Waals surface area contributed by atoms with Crippen molar-refractivity contribution in [2.75, 3.05) is 20.4 Å². The van der Waals surface area contributed by atoms with Crippen LogP contribution in [0.3, 0.4) is 0 Å². The van der Waals surface area contributed by atoms with Crippen molar-refractivity contribution in [3.05, 3.63) is 45.7 Å². The second-order valence-corrected chi connectivity index (χ2v) is 11.8. The highest BCUT2D eigenvalue weighted by Crippen LogP contribution is 2.52. The van der Waals surface area contributed by atoms with Crippen molar-refractivity contribution < 1.29 is 43.2 Å². The number of carbonyl (C=O) groups is 3. The van der Waals surface area contributed by atoms with E-state index in [1.165, 1.54) is 31.1 Å². The maximum absolute atomic E-state index is 13.7. The first-order valence-corrected chi connectivity index (χ1v) is 12.8. The second-order valence-electron chi connectivity index (χ2n) is 9.68. The lowest BCUT2D eigenvalue weighted by Gasteiger charge is -2.50. The number of carbonyl (C=O) groups excluding carboxylic acids is 3. The van der Waals surface area contributed by atoms with E-state index in [1.807, 2.05) is 0 Å². The average molecular weight is 507 g/mol. The zero-order valence-electron chi connectivity index (χ0n) is 19.3. The molecule has 11 nitrogen and oxygen atoms in total. The topological polar surface area (TPSA) is 196 Å². The maximum atomic E-state index is 13.7. The Morgan fingerprint density at radius 2 is 1.83 bits per heavy atom. The molecule has 1 amide bonds. The van der Waals surface area contributed by atoms with Crippen LogP contribution in [0.1, 0.15) is 23.1 Å². The first-order valence-electron chi connectivity index (χ1n) is 10.8. The van der Waals surface area contributed by atoms with Crippen molar-refractivity contribution in [3.8, 4) is 5.75 Å². The van der Waals surface area contributed by atoms with Gasteiger partial charge in [0.05, 0.1) is 17.4 Å². The zero-order valence-corrected chi connectivity index (χ0v) is 20.1. The summed E-state index contributed by atoms with van der Waals surface area (Å²) in [4.78, 5) is 40.1. The molecule has 0 bridgehead atoms. The van der Waals surface area contributed by atoms with Crippen LogP contribution >= 0.6 is 0 Å². The van der Waals surface area contributed by atoms with Crippen LogP contribution in [0.25, 0.3) is 5.76 Å². The SMILES string of the molecule is CN(C)[C@@H]1C(=O)C(C(N)=O)=C(O)[C@@]2(O)C(=O)C3=C(O)c4c(O)cc(CS(C)(=O)=O)cc4C[C@H]3C[C@@H]12. The molecule has 4 atom stereocenters. The summed E-state index contributed by atoms with van der Waals surface area (Å²) < 4.78 is 23.5. The minimum absolute atomic E-state index is 0.0389. The number of amides is 1. The molecule has 1 fully saturated rings. The Labute approximate surface area is 201 Å². The maximum Gasteiger partial charge on any atom is 0.255 e. The van der Waals surface area contributed by atoms with Gasteiger partial charge in [0.2, 0.25) is 5.78 Å². The number of Topliss-reactive ketones (excluding diaryl/α,β-unsaturated/α-hetero) is 2. The summed E-state index contributed by atoms with van der Waals surface area (Å²) in [6.45, 7) is 0. The number of fused-ring (bicyclic) bond motifs is 3. The number of ketones is 2. The number of rotatable bonds is 4. The van der Waals surface area contributed by atoms with Gasteiger partial charge < -0.3 is 26.2 Å². The molecule has 3 aliphatic carbocycles. The van der Waals surface area contributed by atoms with Crippen molar-refractivity contribution in [3.63, 3.8) is 0 Å². The number of benzene rings is 1. The lowest BCUT2D eigenvalue weighted by atomic mass is 9.57. The first kappa shape index (κ1) is 24.9. The highest BCUT2D eigenvalue weighted by Gasteiger charge is 2.64. The predicted octanol–water partition coefficient (Wildman–Crippen LogP) is -0.491. The van der Waals surface area contributed by atoms with Gasteiger partial charge in [0.1, 0.15) is 22.8 Å². The van der Waals surface area contributed by atoms with Crippen LogP contribution in [-0.2, 0) is 36.4 Å². The second kappa shape index (κ2) is 7.90. The molecule has 0 spiro atoms. The Morgan fingerprint density at radius 1 is 1.20 bits per heavy atom. The normalized spacial score (nSPS) is 28.7. The molecule has 0 aliphatic heterocycles. The Morgan fingerprint density at radius 3 is 2.37 bits per heavy atom. The van der Waals surface area contributed by atoms with Crippen LogP contribution < -0.4 is 5.73 Å². The number of nitrogens with two attached hydrogens (primary N) is 1. The molecule has 1 aromatic carbocycles. The van der Waals surface area contributed by atoms with E-state index in [9.17, 15) is 43.2 Å². The minimum atomic E-state index is -3.42. The molecule has 0 unspecified atom stereocenters. The quantitative estimate of drug-likeness (QED) is 0.332. The summed E-state index contributed by atoms with van der Waals surface area (Å²) >= 11 is 0. The van der Waals surface area contributed by atoms with Gasteiger partial charge in [0, 0.05) is 17.7 Å². The third-order valence-corrected chi connectivity index (χ3v) is 7.87. The summed E-state index contributed by atoms with van der Waals surface area (Å²) in [6.07, 6.45) is 1.10. The molecular weight excluding hydrogens is 480 g/mol. The number of primary amides is 1. The number of hydrogen-bond acceptors (Lipinski definition) is 10. The molecule has 12 heteroatoms. The van der Waals surface area contributed by atoms with Gasteiger partial charge in [-0.25, -0.2) is 8.42 Å². The third-order valence-electron chi connectivity index (χ3n) is 7.02. The van der Waals surface area contributed by atoms with Gasteiger partial charge >= 0.3 is 0 Å². The number of phenols is 1. The largest absolute Gasteiger partial charge is 0.508 e. The van der Waals surface area contributed by atoms with E-state index in [4.69, 9.17) is 5.73 Å². The lowest BCUT2D eigenvalue weighted by molar-refractivity contribution is -0.153. The van der Waals surface area contributed by atoms with Gasteiger partial charge in [-0.15, -0.1) is 0 Å². The van der Waals surface area contributed by atoms with E-state index in [0.717, 1.165) is 6.26 Å². The summed E-state index contributed by atoms with van der Waals surface area (Å²) in [5.41, 5.74) is 2.06. The first-order chi connectivity index (χ1) is 16.1. The van der Waals surface area contributed by atoms with E-state index < -0.39 is 73.6 Å². The molecule has 4 rings (SSSR count). The summed E-state index contributed by atoms with van der Waals surface area (Å²) in [6, 6.07) is 1.52. The average Bonchev–Trinajstić information content (AvgIpc) is 2.68. The molecule has 0 aromatic heterocycles. The van der Waals surface area contributed by atoms with Crippen molar-refractivity contribution in [2.24, 2.45) is 17.6 Å². The van der Waals surface area contributed by atoms with Crippen molar-refractivity contribution in [2.45, 2.75) is 30.2 Å². The van der Waals surface area contributed by atoms with E-state index in [0.29, 0.717) is 11.1 Å². The predicted molar refractivity (Wildman–Crippen MR) is 123 cm³/mol. The number of likely N-dealkylation sites (N-methyl/N-ethyl adjacent to an activating group) is 1. The Hall–Kier alpha value is -3.22. The van der Waals surface area contributed by atoms with Crippen LogP contribution in [0.15, 0.2) is 29.0 Å². The molecule has 1 aromatic rings. The van der Waals surface area contributed by atoms with Crippen LogP contribution in [0.5, 0.6) is 5.75 Å². The fourth-order valence-corrected chi connectivity index (χ4v) is 6.49. The van der Waals surface area contributed by atoms with Gasteiger partial charge in [-0.3, -0.25) is 19.3 Å². The van der Waals surface area contributed by atoms with Crippen LogP contribution in [-0.4, -0.2) is 83.2 Å². The highest BCUT2D eigenvalue weighted by atomic mass is 32.2. The fourth-order valence-electron chi connectivity index (χ4n) is 5.72. The van der Waals surface area contributed by atoms with Gasteiger partial charge in [-0.1, -0.05) is 6.07 Å². The van der Waals surface area contributed by atoms with E-state index >= 15 is 0 Å². The van der Waals surface area contributed by atoms with Crippen LogP contribution in [0.4, 0.5) is 0 Å². The minimum Gasteiger partial charge on any atom is -0.508 e. The van der Waals surface area contributed by atoms with Gasteiger partial charge in [-0.2, -0.15) is 0 Å². The molecular formula is C23H26N2O9S. The molecule has 0 radical (unpaired) electrons. The molecule has 0 heterocycles. The van der Waals surface area contributed by atoms with Crippen molar-refractivity contribution >= 4 is 33.1 Å². The monoisotopic (exact) mass is 506 g/mol. The van der Waals surface area contributed by atoms with Gasteiger partial charge in [0.15, 0.2) is 21.2 Å². The summed E-state index contributed by atoms with van der Waals surface area (Å²) in [5, 5.41) is 43.9. The summed E-state index contributed by atoms with van der Waals surface area (Å²) in [7, 11) is -0.384. The lowest BCUT2D eigenvalue weighted by Crippen LogP contribution is -2.65. The number of aromatic hydroxyl groups is 1. The smallest absolute Gasteiger partial charge is 0.255 e. The van der Waals surface area contributed by atoms with E-state index in [-0.39, 0.29) is 29.7 Å². The number of nitrogens with zero attached hydrogens (tertiary/aromatic N) is 1. The Bertz CT molecular complexity index is 1360. The molecule has 0 saturated heterocycles. The van der Waals surface area contributed by atoms with Gasteiger partial charge in [0.25, 0.3) is 5.91 Å². The van der Waals surface area contributed by atoms with Gasteiger partial charge in [-0.05, 0) is 50.0 Å². The number of hydrogen-bond donors (Lipinski definition) is 5. The van der Waals surface area contributed by atoms with E-state index in [2.05, 4.69) is 0 Å². The van der Waals surface area contributed by atoms with Crippen LogP contribution in [0, 0.1) is 11.8 Å². The number of aliphatic hydroxyl groups excluding tert-OH is 2. The molecule has 35 heavy (non-hydrogen) atoms. The molecule has 1 saturated carbocycles. The molecule has 188 valence electrons. The fraction of sp³-hybridized carbons (Fsp3) is 0.435. The Kier molecular flexibility index (Phi) is 5.62. The third kappa shape index (κ3) is 3.63. The van der Waals surface area contributed by atoms with Crippen LogP contribution in [0.2, 0.25) is 0 Å². The number of phenolic OH excluding ortho intramolecular Hbond substituents is 1. The standard InChI is InChI=1S/C23H26N2O9S/c1-25(2)17-12-7-11-6-10-4-9(8-35(3,33)34)5-13(26)14(10)18(27)15(11)20(29)23(12,32)21(30)16(19(17)28)22(24)31/h4-5,11-12,17,26-27,30,32H,6-8H2,1-3H3,(H2,24,31)/t11-,12-,17-,23-/m0/s1. The zero-order chi connectivity index (χ0) is 26.2. The molecule has 3 aliphatic rings. The molecule has 6 N–H and O–H groups in total. The van der Waals surface area contributed by atoms with Crippen molar-refractivity contribution in [1.82, 2.24) is 4.90 Å². The Balaban J connectivity index is 1.93. The summed E-state index contributed by atoms with van der Waals surface area (Å²) in [5.74, 6) is -7.69. The van der Waals surface area contributed by atoms with E-state index in [1.54, 1.807) is 0 Å². The highest BCUT2D eigenvalue weighted by molar-refractivity contribution is 7.89. The van der Waals surface area contributed by atoms with Crippen molar-refractivity contribution in [1.29, 1.82) is 0 Å².